The summed E-state index contributed by atoms with van der Waals surface area (Å²) in [6.07, 6.45) is 0. The van der Waals surface area contributed by atoms with Crippen molar-refractivity contribution in [2.45, 2.75) is 0 Å². The molecule has 7 heteroatoms. The lowest BCUT2D eigenvalue weighted by atomic mass is 10.0. The zero-order valence-corrected chi connectivity index (χ0v) is 16.7. The van der Waals surface area contributed by atoms with Gasteiger partial charge >= 0.3 is 11.9 Å². The molecular formula is C24H17NO6. The molecule has 0 atom stereocenters. The molecule has 4 rings (SSSR count). The number of imide groups is 1. The first-order valence-electron chi connectivity index (χ1n) is 9.35. The Morgan fingerprint density at radius 3 is 2.06 bits per heavy atom. The van der Waals surface area contributed by atoms with Gasteiger partial charge in [0.1, 0.15) is 0 Å². The number of esters is 2. The summed E-state index contributed by atoms with van der Waals surface area (Å²) in [7, 11) is 2.46. The Balaban J connectivity index is 1.81. The zero-order valence-electron chi connectivity index (χ0n) is 16.7. The highest BCUT2D eigenvalue weighted by molar-refractivity contribution is 6.35. The van der Waals surface area contributed by atoms with E-state index in [1.807, 2.05) is 30.3 Å². The van der Waals surface area contributed by atoms with Crippen LogP contribution < -0.4 is 4.90 Å². The van der Waals surface area contributed by atoms with E-state index in [1.165, 1.54) is 38.5 Å². The van der Waals surface area contributed by atoms with Gasteiger partial charge in [0.25, 0.3) is 11.8 Å². The summed E-state index contributed by atoms with van der Waals surface area (Å²) in [6.45, 7) is 0. The van der Waals surface area contributed by atoms with Crippen LogP contribution >= 0.6 is 0 Å². The zero-order chi connectivity index (χ0) is 22.1. The van der Waals surface area contributed by atoms with Crippen molar-refractivity contribution in [1.29, 1.82) is 0 Å². The van der Waals surface area contributed by atoms with Gasteiger partial charge in [-0.05, 0) is 41.5 Å². The molecule has 3 aromatic carbocycles. The third-order valence-corrected chi connectivity index (χ3v) is 5.06. The maximum Gasteiger partial charge on any atom is 0.340 e. The Hall–Kier alpha value is -4.26. The van der Waals surface area contributed by atoms with Crippen molar-refractivity contribution in [2.24, 2.45) is 0 Å². The lowest BCUT2D eigenvalue weighted by Crippen LogP contribution is -2.31. The van der Waals surface area contributed by atoms with E-state index in [0.29, 0.717) is 0 Å². The number of anilines is 1. The highest BCUT2D eigenvalue weighted by atomic mass is 16.5. The van der Waals surface area contributed by atoms with E-state index in [4.69, 9.17) is 4.74 Å². The van der Waals surface area contributed by atoms with Gasteiger partial charge in [-0.25, -0.2) is 14.5 Å². The molecule has 1 aliphatic rings. The van der Waals surface area contributed by atoms with Crippen molar-refractivity contribution >= 4 is 29.4 Å². The maximum absolute atomic E-state index is 13.1. The summed E-state index contributed by atoms with van der Waals surface area (Å²) in [5.74, 6) is -2.53. The van der Waals surface area contributed by atoms with Gasteiger partial charge in [0.2, 0.25) is 0 Å². The quantitative estimate of drug-likeness (QED) is 0.477. The monoisotopic (exact) mass is 415 g/mol. The molecule has 0 aromatic heterocycles. The van der Waals surface area contributed by atoms with E-state index in [9.17, 15) is 19.2 Å². The number of methoxy groups -OCH3 is 2. The number of amides is 2. The number of ether oxygens (including phenoxy) is 2. The molecule has 0 aliphatic carbocycles. The molecule has 0 radical (unpaired) electrons. The third kappa shape index (κ3) is 3.36. The molecule has 154 valence electrons. The van der Waals surface area contributed by atoms with Crippen molar-refractivity contribution in [3.8, 4) is 11.1 Å². The Labute approximate surface area is 177 Å². The third-order valence-electron chi connectivity index (χ3n) is 5.06. The van der Waals surface area contributed by atoms with Crippen molar-refractivity contribution in [3.63, 3.8) is 0 Å². The maximum atomic E-state index is 13.1. The van der Waals surface area contributed by atoms with E-state index in [0.717, 1.165) is 16.0 Å². The molecule has 0 saturated carbocycles. The number of benzene rings is 3. The minimum Gasteiger partial charge on any atom is -0.465 e. The first-order valence-corrected chi connectivity index (χ1v) is 9.35. The predicted molar refractivity (Wildman–Crippen MR) is 112 cm³/mol. The fourth-order valence-electron chi connectivity index (χ4n) is 3.52. The van der Waals surface area contributed by atoms with Crippen LogP contribution in [0.2, 0.25) is 0 Å². The summed E-state index contributed by atoms with van der Waals surface area (Å²) < 4.78 is 9.57. The number of rotatable bonds is 4. The standard InChI is InChI=1S/C24H17NO6/c1-30-23(28)16-8-10-17-18(13-16)22(27)25(21(17)26)20-11-9-15(12-19(20)24(29)31-2)14-6-4-3-5-7-14/h3-13H,1-2H3. The van der Waals surface area contributed by atoms with Crippen LogP contribution in [0.5, 0.6) is 0 Å². The molecular weight excluding hydrogens is 398 g/mol. The second kappa shape index (κ2) is 7.87. The van der Waals surface area contributed by atoms with Crippen LogP contribution in [0.15, 0.2) is 66.7 Å². The summed E-state index contributed by atoms with van der Waals surface area (Å²) in [4.78, 5) is 51.4. The summed E-state index contributed by atoms with van der Waals surface area (Å²) in [5, 5.41) is 0. The molecule has 7 nitrogen and oxygen atoms in total. The molecule has 0 fully saturated rings. The highest BCUT2D eigenvalue weighted by Crippen LogP contribution is 2.34. The van der Waals surface area contributed by atoms with Gasteiger partial charge in [-0.2, -0.15) is 0 Å². The van der Waals surface area contributed by atoms with Gasteiger partial charge < -0.3 is 9.47 Å². The van der Waals surface area contributed by atoms with Crippen LogP contribution in [0.3, 0.4) is 0 Å². The molecule has 0 spiro atoms. The first kappa shape index (κ1) is 20.0. The summed E-state index contributed by atoms with van der Waals surface area (Å²) >= 11 is 0. The van der Waals surface area contributed by atoms with E-state index in [2.05, 4.69) is 4.74 Å². The molecule has 0 N–H and O–H groups in total. The first-order chi connectivity index (χ1) is 15.0. The second-order valence-electron chi connectivity index (χ2n) is 6.79. The lowest BCUT2D eigenvalue weighted by molar-refractivity contribution is 0.0592. The Bertz CT molecular complexity index is 1230. The molecule has 2 amide bonds. The number of hydrogen-bond acceptors (Lipinski definition) is 6. The van der Waals surface area contributed by atoms with Gasteiger partial charge in [0.05, 0.1) is 42.2 Å². The smallest absolute Gasteiger partial charge is 0.340 e. The average Bonchev–Trinajstić information content (AvgIpc) is 3.07. The molecule has 1 heterocycles. The predicted octanol–water partition coefficient (Wildman–Crippen LogP) is 3.73. The van der Waals surface area contributed by atoms with E-state index >= 15 is 0 Å². The van der Waals surface area contributed by atoms with E-state index < -0.39 is 23.8 Å². The number of fused-ring (bicyclic) bond motifs is 1. The van der Waals surface area contributed by atoms with Gasteiger partial charge in [-0.1, -0.05) is 36.4 Å². The fraction of sp³-hybridized carbons (Fsp3) is 0.0833. The van der Waals surface area contributed by atoms with Crippen molar-refractivity contribution in [1.82, 2.24) is 0 Å². The fourth-order valence-corrected chi connectivity index (χ4v) is 3.52. The topological polar surface area (TPSA) is 90.0 Å². The second-order valence-corrected chi connectivity index (χ2v) is 6.79. The minimum atomic E-state index is -0.681. The largest absolute Gasteiger partial charge is 0.465 e. The van der Waals surface area contributed by atoms with Crippen molar-refractivity contribution < 1.29 is 28.7 Å². The van der Waals surface area contributed by atoms with Gasteiger partial charge in [0, 0.05) is 0 Å². The van der Waals surface area contributed by atoms with Crippen LogP contribution in [0.25, 0.3) is 11.1 Å². The molecule has 3 aromatic rings. The average molecular weight is 415 g/mol. The number of carbonyl (C=O) groups excluding carboxylic acids is 4. The number of hydrogen-bond donors (Lipinski definition) is 0. The van der Waals surface area contributed by atoms with Crippen molar-refractivity contribution in [3.05, 3.63) is 89.0 Å². The molecule has 1 aliphatic heterocycles. The van der Waals surface area contributed by atoms with E-state index in [-0.39, 0.29) is 27.9 Å². The normalized spacial score (nSPS) is 12.5. The summed E-state index contributed by atoms with van der Waals surface area (Å²) in [6, 6.07) is 18.3. The minimum absolute atomic E-state index is 0.0656. The summed E-state index contributed by atoms with van der Waals surface area (Å²) in [5.41, 5.74) is 2.14. The Morgan fingerprint density at radius 2 is 1.39 bits per heavy atom. The van der Waals surface area contributed by atoms with Gasteiger partial charge in [0.15, 0.2) is 0 Å². The van der Waals surface area contributed by atoms with E-state index in [1.54, 1.807) is 12.1 Å². The van der Waals surface area contributed by atoms with Crippen LogP contribution in [0, 0.1) is 0 Å². The van der Waals surface area contributed by atoms with Crippen LogP contribution in [0.4, 0.5) is 5.69 Å². The molecule has 0 bridgehead atoms. The van der Waals surface area contributed by atoms with Gasteiger partial charge in [-0.3, -0.25) is 9.59 Å². The number of carbonyl (C=O) groups is 4. The Kier molecular flexibility index (Phi) is 5.09. The van der Waals surface area contributed by atoms with Crippen LogP contribution in [-0.2, 0) is 9.47 Å². The van der Waals surface area contributed by atoms with Crippen LogP contribution in [0.1, 0.15) is 41.4 Å². The van der Waals surface area contributed by atoms with Gasteiger partial charge in [-0.15, -0.1) is 0 Å². The number of nitrogens with zero attached hydrogens (tertiary/aromatic N) is 1. The van der Waals surface area contributed by atoms with Crippen LogP contribution in [-0.4, -0.2) is 38.0 Å². The molecule has 31 heavy (non-hydrogen) atoms. The molecule has 0 saturated heterocycles. The SMILES string of the molecule is COC(=O)c1ccc2c(c1)C(=O)N(c1ccc(-c3ccccc3)cc1C(=O)OC)C2=O. The lowest BCUT2D eigenvalue weighted by Gasteiger charge is -2.18. The Morgan fingerprint density at radius 1 is 0.710 bits per heavy atom. The highest BCUT2D eigenvalue weighted by Gasteiger charge is 2.39. The van der Waals surface area contributed by atoms with Crippen molar-refractivity contribution in [2.75, 3.05) is 19.1 Å². The molecule has 0 unspecified atom stereocenters.